The molecule has 0 aliphatic heterocycles. The third kappa shape index (κ3) is 7.42. The second-order valence-electron chi connectivity index (χ2n) is 8.61. The van der Waals surface area contributed by atoms with Gasteiger partial charge in [0.15, 0.2) is 0 Å². The van der Waals surface area contributed by atoms with Gasteiger partial charge in [0.2, 0.25) is 11.8 Å². The molecule has 0 bridgehead atoms. The summed E-state index contributed by atoms with van der Waals surface area (Å²) in [5.74, 6) is 0.965. The van der Waals surface area contributed by atoms with Gasteiger partial charge in [0.25, 0.3) is 0 Å². The van der Waals surface area contributed by atoms with Crippen molar-refractivity contribution in [3.8, 4) is 5.75 Å². The van der Waals surface area contributed by atoms with E-state index in [2.05, 4.69) is 25.2 Å². The summed E-state index contributed by atoms with van der Waals surface area (Å²) >= 11 is 0. The van der Waals surface area contributed by atoms with Crippen LogP contribution in [0.5, 0.6) is 5.75 Å². The van der Waals surface area contributed by atoms with E-state index in [-0.39, 0.29) is 18.2 Å². The number of rotatable bonds is 10. The minimum Gasteiger partial charge on any atom is -0.497 e. The predicted molar refractivity (Wildman–Crippen MR) is 125 cm³/mol. The van der Waals surface area contributed by atoms with Crippen molar-refractivity contribution in [3.63, 3.8) is 0 Å². The standard InChI is InChI=1S/C26H36N2O3/c1-7-24(26(30)27-16-18(2)3)28(17-21-8-10-23(31-6)11-9-21)25(29)15-22-13-19(4)12-20(5)14-22/h8-14,18,24H,7,15-17H2,1-6H3,(H,27,30). The number of carbonyl (C=O) groups excluding carboxylic acids is 2. The quantitative estimate of drug-likeness (QED) is 0.614. The van der Waals surface area contributed by atoms with E-state index in [0.29, 0.717) is 25.4 Å². The molecule has 1 unspecified atom stereocenters. The number of methoxy groups -OCH3 is 1. The summed E-state index contributed by atoms with van der Waals surface area (Å²) in [5.41, 5.74) is 4.20. The first-order chi connectivity index (χ1) is 14.7. The Balaban J connectivity index is 2.29. The molecule has 168 valence electrons. The molecular weight excluding hydrogens is 388 g/mol. The molecule has 2 amide bonds. The highest BCUT2D eigenvalue weighted by Crippen LogP contribution is 2.18. The molecular formula is C26H36N2O3. The zero-order chi connectivity index (χ0) is 23.0. The van der Waals surface area contributed by atoms with Gasteiger partial charge >= 0.3 is 0 Å². The maximum Gasteiger partial charge on any atom is 0.242 e. The van der Waals surface area contributed by atoms with Gasteiger partial charge in [0.1, 0.15) is 11.8 Å². The Morgan fingerprint density at radius 1 is 1.00 bits per heavy atom. The Bertz CT molecular complexity index is 854. The van der Waals surface area contributed by atoms with Crippen molar-refractivity contribution in [2.24, 2.45) is 5.92 Å². The van der Waals surface area contributed by atoms with Gasteiger partial charge in [-0.15, -0.1) is 0 Å². The smallest absolute Gasteiger partial charge is 0.242 e. The van der Waals surface area contributed by atoms with Crippen LogP contribution in [0.2, 0.25) is 0 Å². The third-order valence-corrected chi connectivity index (χ3v) is 5.22. The molecule has 0 heterocycles. The summed E-state index contributed by atoms with van der Waals surface area (Å²) in [4.78, 5) is 28.1. The van der Waals surface area contributed by atoms with Gasteiger partial charge in [-0.3, -0.25) is 9.59 Å². The fraction of sp³-hybridized carbons (Fsp3) is 0.462. The molecule has 0 fully saturated rings. The first kappa shape index (κ1) is 24.4. The number of nitrogens with one attached hydrogen (secondary N) is 1. The SMILES string of the molecule is CCC(C(=O)NCC(C)C)N(Cc1ccc(OC)cc1)C(=O)Cc1cc(C)cc(C)c1. The third-order valence-electron chi connectivity index (χ3n) is 5.22. The molecule has 31 heavy (non-hydrogen) atoms. The maximum absolute atomic E-state index is 13.4. The highest BCUT2D eigenvalue weighted by atomic mass is 16.5. The molecule has 2 rings (SSSR count). The van der Waals surface area contributed by atoms with Crippen LogP contribution < -0.4 is 10.1 Å². The topological polar surface area (TPSA) is 58.6 Å². The number of amides is 2. The van der Waals surface area contributed by atoms with E-state index in [1.54, 1.807) is 12.0 Å². The van der Waals surface area contributed by atoms with Crippen molar-refractivity contribution in [2.75, 3.05) is 13.7 Å². The average Bonchev–Trinajstić information content (AvgIpc) is 2.71. The van der Waals surface area contributed by atoms with Crippen molar-refractivity contribution in [1.29, 1.82) is 0 Å². The summed E-state index contributed by atoms with van der Waals surface area (Å²) in [6.07, 6.45) is 0.825. The Labute approximate surface area is 186 Å². The van der Waals surface area contributed by atoms with Gasteiger partial charge in [-0.05, 0) is 49.4 Å². The Morgan fingerprint density at radius 3 is 2.13 bits per heavy atom. The van der Waals surface area contributed by atoms with Crippen molar-refractivity contribution >= 4 is 11.8 Å². The molecule has 1 N–H and O–H groups in total. The molecule has 1 atom stereocenters. The lowest BCUT2D eigenvalue weighted by Crippen LogP contribution is -2.50. The molecule has 0 saturated heterocycles. The van der Waals surface area contributed by atoms with Gasteiger partial charge in [0.05, 0.1) is 13.5 Å². The van der Waals surface area contributed by atoms with Crippen molar-refractivity contribution < 1.29 is 14.3 Å². The van der Waals surface area contributed by atoms with Crippen LogP contribution in [-0.4, -0.2) is 36.4 Å². The molecule has 0 aliphatic carbocycles. The monoisotopic (exact) mass is 424 g/mol. The van der Waals surface area contributed by atoms with Crippen LogP contribution in [0.1, 0.15) is 49.4 Å². The van der Waals surface area contributed by atoms with Crippen LogP contribution in [0, 0.1) is 19.8 Å². The number of ether oxygens (including phenoxy) is 1. The van der Waals surface area contributed by atoms with E-state index in [1.165, 1.54) is 0 Å². The molecule has 0 aromatic heterocycles. The molecule has 0 saturated carbocycles. The van der Waals surface area contributed by atoms with Crippen LogP contribution in [0.3, 0.4) is 0 Å². The number of nitrogens with zero attached hydrogens (tertiary/aromatic N) is 1. The fourth-order valence-corrected chi connectivity index (χ4v) is 3.72. The molecule has 0 radical (unpaired) electrons. The van der Waals surface area contributed by atoms with E-state index in [4.69, 9.17) is 4.74 Å². The minimum atomic E-state index is -0.515. The summed E-state index contributed by atoms with van der Waals surface area (Å²) in [7, 11) is 1.63. The average molecular weight is 425 g/mol. The van der Waals surface area contributed by atoms with Crippen molar-refractivity contribution in [2.45, 2.75) is 60.0 Å². The molecule has 5 heteroatoms. The second-order valence-corrected chi connectivity index (χ2v) is 8.61. The van der Waals surface area contributed by atoms with Gasteiger partial charge in [-0.25, -0.2) is 0 Å². The van der Waals surface area contributed by atoms with Gasteiger partial charge < -0.3 is 15.0 Å². The lowest BCUT2D eigenvalue weighted by molar-refractivity contribution is -0.141. The van der Waals surface area contributed by atoms with Crippen LogP contribution >= 0.6 is 0 Å². The first-order valence-electron chi connectivity index (χ1n) is 11.0. The number of carbonyl (C=O) groups is 2. The predicted octanol–water partition coefficient (Wildman–Crippen LogP) is 4.43. The van der Waals surface area contributed by atoms with Gasteiger partial charge in [-0.1, -0.05) is 62.2 Å². The Hall–Kier alpha value is -2.82. The molecule has 0 spiro atoms. The largest absolute Gasteiger partial charge is 0.497 e. The summed E-state index contributed by atoms with van der Waals surface area (Å²) in [6, 6.07) is 13.3. The Morgan fingerprint density at radius 2 is 1.61 bits per heavy atom. The number of hydrogen-bond donors (Lipinski definition) is 1. The lowest BCUT2D eigenvalue weighted by atomic mass is 10.0. The van der Waals surface area contributed by atoms with Gasteiger partial charge in [0, 0.05) is 13.1 Å². The van der Waals surface area contributed by atoms with Crippen LogP contribution in [-0.2, 0) is 22.6 Å². The first-order valence-corrected chi connectivity index (χ1v) is 11.0. The zero-order valence-electron chi connectivity index (χ0n) is 19.7. The van der Waals surface area contributed by atoms with Crippen LogP contribution in [0.15, 0.2) is 42.5 Å². The normalized spacial score (nSPS) is 11.8. The van der Waals surface area contributed by atoms with E-state index in [1.807, 2.05) is 57.2 Å². The molecule has 2 aromatic carbocycles. The lowest BCUT2D eigenvalue weighted by Gasteiger charge is -2.31. The van der Waals surface area contributed by atoms with Gasteiger partial charge in [-0.2, -0.15) is 0 Å². The number of hydrogen-bond acceptors (Lipinski definition) is 3. The molecule has 2 aromatic rings. The van der Waals surface area contributed by atoms with Crippen molar-refractivity contribution in [3.05, 3.63) is 64.7 Å². The highest BCUT2D eigenvalue weighted by Gasteiger charge is 2.28. The highest BCUT2D eigenvalue weighted by molar-refractivity contribution is 5.88. The summed E-state index contributed by atoms with van der Waals surface area (Å²) < 4.78 is 5.24. The minimum absolute atomic E-state index is 0.0487. The second kappa shape index (κ2) is 11.5. The summed E-state index contributed by atoms with van der Waals surface area (Å²) in [6.45, 7) is 11.1. The molecule has 5 nitrogen and oxygen atoms in total. The fourth-order valence-electron chi connectivity index (χ4n) is 3.72. The van der Waals surface area contributed by atoms with E-state index in [9.17, 15) is 9.59 Å². The van der Waals surface area contributed by atoms with E-state index in [0.717, 1.165) is 28.0 Å². The zero-order valence-corrected chi connectivity index (χ0v) is 19.7. The van der Waals surface area contributed by atoms with E-state index < -0.39 is 6.04 Å². The Kier molecular flexibility index (Phi) is 9.10. The summed E-state index contributed by atoms with van der Waals surface area (Å²) in [5, 5.41) is 3.00. The van der Waals surface area contributed by atoms with E-state index >= 15 is 0 Å². The van der Waals surface area contributed by atoms with Crippen LogP contribution in [0.4, 0.5) is 0 Å². The number of benzene rings is 2. The van der Waals surface area contributed by atoms with Crippen LogP contribution in [0.25, 0.3) is 0 Å². The maximum atomic E-state index is 13.4. The molecule has 0 aliphatic rings. The number of aryl methyl sites for hydroxylation is 2. The van der Waals surface area contributed by atoms with Crippen molar-refractivity contribution in [1.82, 2.24) is 10.2 Å².